The molecule has 0 spiro atoms. The van der Waals surface area contributed by atoms with Crippen LogP contribution in [-0.2, 0) is 13.1 Å². The quantitative estimate of drug-likeness (QED) is 0.821. The second-order valence-corrected chi connectivity index (χ2v) is 7.91. The van der Waals surface area contributed by atoms with Crippen LogP contribution in [0.2, 0.25) is 0 Å². The number of ether oxygens (including phenoxy) is 2. The average Bonchev–Trinajstić information content (AvgIpc) is 2.78. The molecule has 2 aliphatic heterocycles. The van der Waals surface area contributed by atoms with Gasteiger partial charge in [-0.1, -0.05) is 24.3 Å². The van der Waals surface area contributed by atoms with Crippen LogP contribution < -0.4 is 19.7 Å². The predicted octanol–water partition coefficient (Wildman–Crippen LogP) is 2.55. The fraction of sp³-hybridized carbons (Fsp3) is 0.435. The van der Waals surface area contributed by atoms with Gasteiger partial charge in [0, 0.05) is 52.0 Å². The molecule has 1 saturated heterocycles. The number of nitrogens with zero attached hydrogens (tertiary/aromatic N) is 3. The molecule has 0 saturated carbocycles. The highest BCUT2D eigenvalue weighted by Crippen LogP contribution is 2.31. The molecular weight excluding hydrogens is 380 g/mol. The summed E-state index contributed by atoms with van der Waals surface area (Å²) in [4.78, 5) is 19.1. The molecule has 2 aromatic rings. The van der Waals surface area contributed by atoms with Crippen molar-refractivity contribution in [2.75, 3.05) is 58.4 Å². The van der Waals surface area contributed by atoms with Gasteiger partial charge in [0.1, 0.15) is 13.2 Å². The Hall–Kier alpha value is -2.93. The molecule has 1 fully saturated rings. The maximum Gasteiger partial charge on any atom is 0.317 e. The summed E-state index contributed by atoms with van der Waals surface area (Å²) >= 11 is 0. The van der Waals surface area contributed by atoms with E-state index in [-0.39, 0.29) is 6.03 Å². The summed E-state index contributed by atoms with van der Waals surface area (Å²) in [6.45, 7) is 6.26. The van der Waals surface area contributed by atoms with Crippen molar-refractivity contribution >= 4 is 11.7 Å². The summed E-state index contributed by atoms with van der Waals surface area (Å²) in [6.07, 6.45) is 0. The molecule has 1 N–H and O–H groups in total. The Kier molecular flexibility index (Phi) is 6.28. The Morgan fingerprint density at radius 1 is 1.03 bits per heavy atom. The van der Waals surface area contributed by atoms with E-state index in [0.717, 1.165) is 48.8 Å². The van der Waals surface area contributed by atoms with Crippen LogP contribution in [0.5, 0.6) is 11.5 Å². The largest absolute Gasteiger partial charge is 0.486 e. The van der Waals surface area contributed by atoms with E-state index in [4.69, 9.17) is 9.47 Å². The van der Waals surface area contributed by atoms with Crippen LogP contribution in [0.15, 0.2) is 42.5 Å². The van der Waals surface area contributed by atoms with Gasteiger partial charge in [0.05, 0.1) is 0 Å². The highest BCUT2D eigenvalue weighted by molar-refractivity contribution is 5.74. The van der Waals surface area contributed by atoms with Crippen LogP contribution in [0.25, 0.3) is 0 Å². The molecule has 2 heterocycles. The number of amides is 2. The van der Waals surface area contributed by atoms with Gasteiger partial charge in [-0.3, -0.25) is 0 Å². The monoisotopic (exact) mass is 410 g/mol. The number of carbonyl (C=O) groups excluding carboxylic acids is 1. The summed E-state index contributed by atoms with van der Waals surface area (Å²) in [5.41, 5.74) is 3.36. The molecule has 2 amide bonds. The second-order valence-electron chi connectivity index (χ2n) is 7.91. The lowest BCUT2D eigenvalue weighted by molar-refractivity contribution is 0.171. The third kappa shape index (κ3) is 4.79. The van der Waals surface area contributed by atoms with Gasteiger partial charge in [-0.05, 0) is 36.4 Å². The van der Waals surface area contributed by atoms with E-state index in [2.05, 4.69) is 40.4 Å². The zero-order valence-electron chi connectivity index (χ0n) is 17.8. The first kappa shape index (κ1) is 20.3. The van der Waals surface area contributed by atoms with Gasteiger partial charge in [-0.2, -0.15) is 0 Å². The summed E-state index contributed by atoms with van der Waals surface area (Å²) < 4.78 is 11.2. The Morgan fingerprint density at radius 3 is 2.57 bits per heavy atom. The van der Waals surface area contributed by atoms with E-state index >= 15 is 0 Å². The third-order valence-electron chi connectivity index (χ3n) is 5.64. The Bertz CT molecular complexity index is 881. The lowest BCUT2D eigenvalue weighted by Gasteiger charge is -2.35. The highest BCUT2D eigenvalue weighted by Gasteiger charge is 2.18. The zero-order chi connectivity index (χ0) is 20.9. The van der Waals surface area contributed by atoms with E-state index in [9.17, 15) is 4.79 Å². The maximum absolute atomic E-state index is 12.7. The van der Waals surface area contributed by atoms with E-state index in [1.165, 1.54) is 5.69 Å². The molecule has 0 aliphatic carbocycles. The van der Waals surface area contributed by atoms with Crippen LogP contribution in [0.1, 0.15) is 11.1 Å². The summed E-state index contributed by atoms with van der Waals surface area (Å²) in [5, 5.41) is 3.06. The molecule has 2 aromatic carbocycles. The van der Waals surface area contributed by atoms with Crippen LogP contribution in [0.3, 0.4) is 0 Å². The molecule has 4 rings (SSSR count). The minimum atomic E-state index is -0.0990. The second kappa shape index (κ2) is 9.26. The van der Waals surface area contributed by atoms with Crippen LogP contribution in [0.4, 0.5) is 10.5 Å². The minimum absolute atomic E-state index is 0.0990. The van der Waals surface area contributed by atoms with E-state index in [0.29, 0.717) is 26.3 Å². The molecule has 0 atom stereocenters. The van der Waals surface area contributed by atoms with Gasteiger partial charge in [-0.15, -0.1) is 0 Å². The number of urea groups is 1. The van der Waals surface area contributed by atoms with Gasteiger partial charge in [-0.25, -0.2) is 4.79 Å². The molecule has 0 bridgehead atoms. The number of nitrogens with one attached hydrogen (secondary N) is 1. The van der Waals surface area contributed by atoms with Crippen molar-refractivity contribution in [1.82, 2.24) is 15.1 Å². The average molecular weight is 411 g/mol. The number of benzene rings is 2. The summed E-state index contributed by atoms with van der Waals surface area (Å²) in [6, 6.07) is 14.0. The molecule has 0 unspecified atom stereocenters. The van der Waals surface area contributed by atoms with Crippen molar-refractivity contribution in [3.63, 3.8) is 0 Å². The first-order valence-electron chi connectivity index (χ1n) is 10.5. The molecule has 0 radical (unpaired) electrons. The number of hydrogen-bond donors (Lipinski definition) is 1. The topological polar surface area (TPSA) is 57.3 Å². The number of hydrogen-bond acceptors (Lipinski definition) is 5. The van der Waals surface area contributed by atoms with Crippen molar-refractivity contribution in [3.05, 3.63) is 53.6 Å². The molecule has 2 aliphatic rings. The standard InChI is InChI=1S/C23H30N4O3/c1-25-9-11-27(12-10-25)20-6-4-3-5-19(20)16-24-23(28)26(2)17-18-7-8-21-22(15-18)30-14-13-29-21/h3-8,15H,9-14,16-17H2,1-2H3,(H,24,28). The summed E-state index contributed by atoms with van der Waals surface area (Å²) in [7, 11) is 3.96. The predicted molar refractivity (Wildman–Crippen MR) is 117 cm³/mol. The Labute approximate surface area is 178 Å². The van der Waals surface area contributed by atoms with E-state index in [1.807, 2.05) is 24.3 Å². The van der Waals surface area contributed by atoms with Gasteiger partial charge in [0.15, 0.2) is 11.5 Å². The Balaban J connectivity index is 1.34. The summed E-state index contributed by atoms with van der Waals surface area (Å²) in [5.74, 6) is 1.51. The lowest BCUT2D eigenvalue weighted by Crippen LogP contribution is -2.45. The van der Waals surface area contributed by atoms with Crippen molar-refractivity contribution in [3.8, 4) is 11.5 Å². The zero-order valence-corrected chi connectivity index (χ0v) is 17.8. The number of fused-ring (bicyclic) bond motifs is 1. The highest BCUT2D eigenvalue weighted by atomic mass is 16.6. The van der Waals surface area contributed by atoms with Gasteiger partial charge in [0.2, 0.25) is 0 Å². The molecule has 30 heavy (non-hydrogen) atoms. The van der Waals surface area contributed by atoms with Crippen molar-refractivity contribution in [1.29, 1.82) is 0 Å². The number of rotatable bonds is 5. The normalized spacial score (nSPS) is 16.3. The number of piperazine rings is 1. The van der Waals surface area contributed by atoms with E-state index in [1.54, 1.807) is 11.9 Å². The number of carbonyl (C=O) groups is 1. The van der Waals surface area contributed by atoms with Crippen molar-refractivity contribution in [2.45, 2.75) is 13.1 Å². The minimum Gasteiger partial charge on any atom is -0.486 e. The molecule has 0 aromatic heterocycles. The van der Waals surface area contributed by atoms with Crippen LogP contribution >= 0.6 is 0 Å². The van der Waals surface area contributed by atoms with Crippen molar-refractivity contribution < 1.29 is 14.3 Å². The maximum atomic E-state index is 12.7. The smallest absolute Gasteiger partial charge is 0.317 e. The molecule has 7 nitrogen and oxygen atoms in total. The first-order chi connectivity index (χ1) is 14.6. The number of likely N-dealkylation sites (N-methyl/N-ethyl adjacent to an activating group) is 1. The fourth-order valence-electron chi connectivity index (χ4n) is 3.85. The van der Waals surface area contributed by atoms with Crippen LogP contribution in [0, 0.1) is 0 Å². The van der Waals surface area contributed by atoms with Gasteiger partial charge >= 0.3 is 6.03 Å². The fourth-order valence-corrected chi connectivity index (χ4v) is 3.85. The van der Waals surface area contributed by atoms with Gasteiger partial charge in [0.25, 0.3) is 0 Å². The van der Waals surface area contributed by atoms with Crippen molar-refractivity contribution in [2.24, 2.45) is 0 Å². The molecular formula is C23H30N4O3. The first-order valence-corrected chi connectivity index (χ1v) is 10.5. The Morgan fingerprint density at radius 2 is 1.77 bits per heavy atom. The molecule has 160 valence electrons. The number of para-hydroxylation sites is 1. The third-order valence-corrected chi connectivity index (χ3v) is 5.64. The van der Waals surface area contributed by atoms with Gasteiger partial charge < -0.3 is 29.5 Å². The number of anilines is 1. The van der Waals surface area contributed by atoms with E-state index < -0.39 is 0 Å². The SMILES string of the molecule is CN1CCN(c2ccccc2CNC(=O)N(C)Cc2ccc3c(c2)OCCO3)CC1. The van der Waals surface area contributed by atoms with Crippen LogP contribution in [-0.4, -0.2) is 69.3 Å². The molecule has 7 heteroatoms. The lowest BCUT2D eigenvalue weighted by atomic mass is 10.1.